The maximum atomic E-state index is 11.6. The van der Waals surface area contributed by atoms with Crippen LogP contribution in [-0.2, 0) is 23.9 Å². The summed E-state index contributed by atoms with van der Waals surface area (Å²) in [6.07, 6.45) is 0.170. The van der Waals surface area contributed by atoms with Crippen LogP contribution in [0.4, 0.5) is 0 Å². The van der Waals surface area contributed by atoms with Gasteiger partial charge in [0, 0.05) is 0 Å². The normalized spacial score (nSPS) is 13.6. The number of esters is 2. The third-order valence-corrected chi connectivity index (χ3v) is 2.59. The highest BCUT2D eigenvalue weighted by Crippen LogP contribution is 2.21. The Bertz CT molecular complexity index is 306. The number of aliphatic hydroxyl groups excluding tert-OH is 1. The summed E-state index contributed by atoms with van der Waals surface area (Å²) in [5.41, 5.74) is -0.927. The summed E-state index contributed by atoms with van der Waals surface area (Å²) in [5.74, 6) is -1.45. The van der Waals surface area contributed by atoms with Crippen molar-refractivity contribution in [2.45, 2.75) is 33.6 Å². The number of hydrogen-bond donors (Lipinski definition) is 1. The van der Waals surface area contributed by atoms with E-state index in [2.05, 4.69) is 4.74 Å². The molecule has 0 rings (SSSR count). The summed E-state index contributed by atoms with van der Waals surface area (Å²) >= 11 is 0. The smallest absolute Gasteiger partial charge is 0.314 e. The first-order valence-corrected chi connectivity index (χ1v) is 5.79. The number of ether oxygens (including phenoxy) is 2. The molecule has 1 atom stereocenters. The number of ketones is 1. The van der Waals surface area contributed by atoms with Crippen molar-refractivity contribution in [2.24, 2.45) is 5.41 Å². The third-order valence-electron chi connectivity index (χ3n) is 2.59. The molecule has 0 saturated heterocycles. The standard InChI is InChI=1S/C12H20O6/c1-4-12(3,8-13)11(16)18-6-5-17-10(15)7-9(2)14/h13H,4-8H2,1-3H3. The lowest BCUT2D eigenvalue weighted by molar-refractivity contribution is -0.162. The second kappa shape index (κ2) is 7.81. The molecule has 0 aromatic carbocycles. The van der Waals surface area contributed by atoms with Crippen molar-refractivity contribution in [1.82, 2.24) is 0 Å². The van der Waals surface area contributed by atoms with E-state index in [1.165, 1.54) is 6.92 Å². The maximum absolute atomic E-state index is 11.6. The van der Waals surface area contributed by atoms with E-state index in [0.717, 1.165) is 0 Å². The number of rotatable bonds is 8. The van der Waals surface area contributed by atoms with E-state index in [4.69, 9.17) is 9.84 Å². The molecule has 6 nitrogen and oxygen atoms in total. The molecule has 0 aliphatic heterocycles. The van der Waals surface area contributed by atoms with Crippen LogP contribution >= 0.6 is 0 Å². The van der Waals surface area contributed by atoms with Crippen LogP contribution in [0.5, 0.6) is 0 Å². The number of Topliss-reactive ketones (excluding diaryl/α,β-unsaturated/α-hetero) is 1. The van der Waals surface area contributed by atoms with Crippen LogP contribution < -0.4 is 0 Å². The fourth-order valence-corrected chi connectivity index (χ4v) is 1.04. The Hall–Kier alpha value is -1.43. The fourth-order valence-electron chi connectivity index (χ4n) is 1.04. The number of carbonyl (C=O) groups is 3. The van der Waals surface area contributed by atoms with Gasteiger partial charge in [-0.25, -0.2) is 0 Å². The number of aliphatic hydroxyl groups is 1. The lowest BCUT2D eigenvalue weighted by atomic mass is 9.89. The third kappa shape index (κ3) is 5.77. The van der Waals surface area contributed by atoms with Gasteiger partial charge in [0.15, 0.2) is 0 Å². The van der Waals surface area contributed by atoms with Gasteiger partial charge >= 0.3 is 11.9 Å². The lowest BCUT2D eigenvalue weighted by Gasteiger charge is -2.22. The van der Waals surface area contributed by atoms with Crippen molar-refractivity contribution in [3.63, 3.8) is 0 Å². The van der Waals surface area contributed by atoms with Gasteiger partial charge in [-0.15, -0.1) is 0 Å². The van der Waals surface area contributed by atoms with Crippen molar-refractivity contribution in [2.75, 3.05) is 19.8 Å². The summed E-state index contributed by atoms with van der Waals surface area (Å²) in [6.45, 7) is 4.17. The molecule has 1 unspecified atom stereocenters. The molecule has 0 spiro atoms. The molecule has 1 N–H and O–H groups in total. The van der Waals surface area contributed by atoms with Gasteiger partial charge in [0.05, 0.1) is 12.0 Å². The van der Waals surface area contributed by atoms with Crippen LogP contribution in [0.15, 0.2) is 0 Å². The monoisotopic (exact) mass is 260 g/mol. The van der Waals surface area contributed by atoms with Gasteiger partial charge in [-0.1, -0.05) is 6.92 Å². The van der Waals surface area contributed by atoms with Gasteiger partial charge in [0.1, 0.15) is 25.4 Å². The molecular weight excluding hydrogens is 240 g/mol. The largest absolute Gasteiger partial charge is 0.462 e. The van der Waals surface area contributed by atoms with Gasteiger partial charge in [0.2, 0.25) is 0 Å². The SMILES string of the molecule is CCC(C)(CO)C(=O)OCCOC(=O)CC(C)=O. The second-order valence-electron chi connectivity index (χ2n) is 4.31. The lowest BCUT2D eigenvalue weighted by Crippen LogP contribution is -2.33. The molecule has 0 fully saturated rings. The molecule has 6 heteroatoms. The molecule has 0 saturated carbocycles. The number of carbonyl (C=O) groups excluding carboxylic acids is 3. The zero-order valence-corrected chi connectivity index (χ0v) is 11.0. The number of hydrogen-bond acceptors (Lipinski definition) is 6. The fraction of sp³-hybridized carbons (Fsp3) is 0.750. The van der Waals surface area contributed by atoms with E-state index >= 15 is 0 Å². The van der Waals surface area contributed by atoms with Crippen molar-refractivity contribution < 1.29 is 29.0 Å². The first-order valence-electron chi connectivity index (χ1n) is 5.79. The van der Waals surface area contributed by atoms with Crippen LogP contribution in [0.25, 0.3) is 0 Å². The van der Waals surface area contributed by atoms with Crippen LogP contribution in [0.3, 0.4) is 0 Å². The Labute approximate surface area is 106 Å². The molecule has 0 amide bonds. The zero-order chi connectivity index (χ0) is 14.2. The van der Waals surface area contributed by atoms with Crippen LogP contribution in [0.1, 0.15) is 33.6 Å². The van der Waals surface area contributed by atoms with Gasteiger partial charge in [-0.2, -0.15) is 0 Å². The van der Waals surface area contributed by atoms with Crippen LogP contribution in [-0.4, -0.2) is 42.6 Å². The summed E-state index contributed by atoms with van der Waals surface area (Å²) < 4.78 is 9.57. The molecule has 0 heterocycles. The van der Waals surface area contributed by atoms with Crippen molar-refractivity contribution in [1.29, 1.82) is 0 Å². The van der Waals surface area contributed by atoms with Gasteiger partial charge in [-0.3, -0.25) is 14.4 Å². The van der Waals surface area contributed by atoms with Crippen LogP contribution in [0, 0.1) is 5.41 Å². The van der Waals surface area contributed by atoms with E-state index in [9.17, 15) is 14.4 Å². The highest BCUT2D eigenvalue weighted by atomic mass is 16.6. The predicted octanol–water partition coefficient (Wildman–Crippen LogP) is 0.460. The molecule has 18 heavy (non-hydrogen) atoms. The van der Waals surface area contributed by atoms with Gasteiger partial charge < -0.3 is 14.6 Å². The average Bonchev–Trinajstić information content (AvgIpc) is 2.32. The minimum Gasteiger partial charge on any atom is -0.462 e. The van der Waals surface area contributed by atoms with E-state index in [1.54, 1.807) is 13.8 Å². The Morgan fingerprint density at radius 2 is 1.72 bits per heavy atom. The summed E-state index contributed by atoms with van der Waals surface area (Å²) in [4.78, 5) is 33.1. The van der Waals surface area contributed by atoms with Crippen molar-refractivity contribution in [3.8, 4) is 0 Å². The van der Waals surface area contributed by atoms with E-state index in [1.807, 2.05) is 0 Å². The minimum absolute atomic E-state index is 0.0852. The summed E-state index contributed by atoms with van der Waals surface area (Å²) in [5, 5.41) is 9.08. The Kier molecular flexibility index (Phi) is 7.19. The highest BCUT2D eigenvalue weighted by Gasteiger charge is 2.32. The molecular formula is C12H20O6. The molecule has 104 valence electrons. The topological polar surface area (TPSA) is 89.9 Å². The summed E-state index contributed by atoms with van der Waals surface area (Å²) in [6, 6.07) is 0. The molecule has 0 bridgehead atoms. The minimum atomic E-state index is -0.927. The maximum Gasteiger partial charge on any atom is 0.314 e. The zero-order valence-electron chi connectivity index (χ0n) is 11.0. The Morgan fingerprint density at radius 1 is 1.17 bits per heavy atom. The molecule has 0 aliphatic rings. The summed E-state index contributed by atoms with van der Waals surface area (Å²) in [7, 11) is 0. The van der Waals surface area contributed by atoms with Gasteiger partial charge in [-0.05, 0) is 20.3 Å². The quantitative estimate of drug-likeness (QED) is 0.387. The van der Waals surface area contributed by atoms with Crippen LogP contribution in [0.2, 0.25) is 0 Å². The Balaban J connectivity index is 3.89. The molecule has 0 aliphatic carbocycles. The predicted molar refractivity (Wildman–Crippen MR) is 62.7 cm³/mol. The first kappa shape index (κ1) is 16.6. The highest BCUT2D eigenvalue weighted by molar-refractivity contribution is 5.94. The van der Waals surface area contributed by atoms with Crippen molar-refractivity contribution >= 4 is 17.7 Å². The molecule has 0 radical (unpaired) electrons. The van der Waals surface area contributed by atoms with Crippen molar-refractivity contribution in [3.05, 3.63) is 0 Å². The van der Waals surface area contributed by atoms with E-state index in [-0.39, 0.29) is 32.0 Å². The van der Waals surface area contributed by atoms with E-state index < -0.39 is 17.4 Å². The second-order valence-corrected chi connectivity index (χ2v) is 4.31. The first-order chi connectivity index (χ1) is 8.35. The average molecular weight is 260 g/mol. The molecule has 0 aromatic heterocycles. The van der Waals surface area contributed by atoms with Gasteiger partial charge in [0.25, 0.3) is 0 Å². The van der Waals surface area contributed by atoms with E-state index in [0.29, 0.717) is 6.42 Å². The molecule has 0 aromatic rings. The Morgan fingerprint density at radius 3 is 2.17 bits per heavy atom.